The van der Waals surface area contributed by atoms with Crippen molar-refractivity contribution in [2.75, 3.05) is 5.73 Å². The number of pyridine rings is 1. The van der Waals surface area contributed by atoms with E-state index in [9.17, 15) is 4.39 Å². The van der Waals surface area contributed by atoms with Gasteiger partial charge in [-0.3, -0.25) is 0 Å². The first-order chi connectivity index (χ1) is 7.63. The molecular formula is C12H12ClFN2. The van der Waals surface area contributed by atoms with Crippen LogP contribution < -0.4 is 5.73 Å². The van der Waals surface area contributed by atoms with Crippen molar-refractivity contribution in [3.8, 4) is 0 Å². The lowest BCUT2D eigenvalue weighted by molar-refractivity contribution is 0.636. The molecule has 1 aromatic heterocycles. The van der Waals surface area contributed by atoms with Gasteiger partial charge in [-0.25, -0.2) is 9.37 Å². The predicted octanol–water partition coefficient (Wildman–Crippen LogP) is 3.56. The summed E-state index contributed by atoms with van der Waals surface area (Å²) in [5.41, 5.74) is 7.46. The number of aromatic nitrogens is 1. The Morgan fingerprint density at radius 2 is 2.19 bits per heavy atom. The van der Waals surface area contributed by atoms with Gasteiger partial charge in [0.1, 0.15) is 5.52 Å². The number of aryl methyl sites for hydroxylation is 1. The molecule has 4 heteroatoms. The van der Waals surface area contributed by atoms with E-state index in [1.807, 2.05) is 6.92 Å². The Kier molecular flexibility index (Phi) is 2.97. The Morgan fingerprint density at radius 3 is 2.88 bits per heavy atom. The van der Waals surface area contributed by atoms with Crippen molar-refractivity contribution in [1.82, 2.24) is 4.98 Å². The van der Waals surface area contributed by atoms with Crippen LogP contribution >= 0.6 is 11.6 Å². The second-order valence-corrected chi connectivity index (χ2v) is 4.12. The minimum atomic E-state index is -0.496. The summed E-state index contributed by atoms with van der Waals surface area (Å²) >= 11 is 5.71. The zero-order chi connectivity index (χ0) is 11.7. The van der Waals surface area contributed by atoms with Gasteiger partial charge in [0.25, 0.3) is 0 Å². The molecule has 0 aliphatic rings. The largest absolute Gasteiger partial charge is 0.398 e. The van der Waals surface area contributed by atoms with E-state index in [2.05, 4.69) is 4.98 Å². The standard InChI is InChI=1S/C12H12ClFN2/c1-2-3-7-6-10(15)8-4-5-9(13)11(14)12(8)16-7/h4-6H,2-3H2,1H3,(H2,15,16). The van der Waals surface area contributed by atoms with Crippen molar-refractivity contribution in [2.45, 2.75) is 19.8 Å². The molecule has 0 radical (unpaired) electrons. The van der Waals surface area contributed by atoms with Crippen LogP contribution in [0.2, 0.25) is 5.02 Å². The third kappa shape index (κ3) is 1.83. The third-order valence-corrected chi connectivity index (χ3v) is 2.76. The number of fused-ring (bicyclic) bond motifs is 1. The molecule has 2 aromatic rings. The van der Waals surface area contributed by atoms with Gasteiger partial charge in [0.05, 0.1) is 5.02 Å². The number of hydrogen-bond acceptors (Lipinski definition) is 2. The maximum Gasteiger partial charge on any atom is 0.168 e. The first-order valence-corrected chi connectivity index (χ1v) is 5.54. The number of rotatable bonds is 2. The molecule has 0 saturated carbocycles. The topological polar surface area (TPSA) is 38.9 Å². The van der Waals surface area contributed by atoms with Crippen LogP contribution in [0.25, 0.3) is 10.9 Å². The molecule has 2 N–H and O–H groups in total. The van der Waals surface area contributed by atoms with E-state index in [-0.39, 0.29) is 10.5 Å². The van der Waals surface area contributed by atoms with Crippen LogP contribution in [0.1, 0.15) is 19.0 Å². The van der Waals surface area contributed by atoms with Crippen LogP contribution in [0.15, 0.2) is 18.2 Å². The Balaban J connectivity index is 2.73. The Labute approximate surface area is 98.2 Å². The van der Waals surface area contributed by atoms with E-state index < -0.39 is 5.82 Å². The monoisotopic (exact) mass is 238 g/mol. The van der Waals surface area contributed by atoms with Crippen LogP contribution in [0.3, 0.4) is 0 Å². The highest BCUT2D eigenvalue weighted by Gasteiger charge is 2.10. The molecule has 0 spiro atoms. The third-order valence-electron chi connectivity index (χ3n) is 2.46. The fraction of sp³-hybridized carbons (Fsp3) is 0.250. The van der Waals surface area contributed by atoms with Gasteiger partial charge < -0.3 is 5.73 Å². The number of nitrogens with zero attached hydrogens (tertiary/aromatic N) is 1. The molecule has 0 saturated heterocycles. The fourth-order valence-electron chi connectivity index (χ4n) is 1.70. The summed E-state index contributed by atoms with van der Waals surface area (Å²) in [7, 11) is 0. The Bertz CT molecular complexity index is 540. The van der Waals surface area contributed by atoms with E-state index in [0.717, 1.165) is 18.5 Å². The van der Waals surface area contributed by atoms with Crippen LogP contribution in [0.4, 0.5) is 10.1 Å². The number of nitrogen functional groups attached to an aromatic ring is 1. The lowest BCUT2D eigenvalue weighted by Crippen LogP contribution is -1.97. The number of benzene rings is 1. The average Bonchev–Trinajstić information content (AvgIpc) is 2.25. The Morgan fingerprint density at radius 1 is 1.44 bits per heavy atom. The molecule has 84 valence electrons. The van der Waals surface area contributed by atoms with Crippen molar-refractivity contribution in [1.29, 1.82) is 0 Å². The molecule has 1 heterocycles. The van der Waals surface area contributed by atoms with Crippen LogP contribution in [-0.2, 0) is 6.42 Å². The zero-order valence-corrected chi connectivity index (χ0v) is 9.68. The first-order valence-electron chi connectivity index (χ1n) is 5.16. The molecule has 16 heavy (non-hydrogen) atoms. The van der Waals surface area contributed by atoms with Gasteiger partial charge in [-0.2, -0.15) is 0 Å². The summed E-state index contributed by atoms with van der Waals surface area (Å²) in [4.78, 5) is 4.25. The van der Waals surface area contributed by atoms with Gasteiger partial charge in [0.2, 0.25) is 0 Å². The minimum Gasteiger partial charge on any atom is -0.398 e. The summed E-state index contributed by atoms with van der Waals surface area (Å²) in [6, 6.07) is 4.98. The molecule has 0 amide bonds. The van der Waals surface area contributed by atoms with E-state index in [1.54, 1.807) is 12.1 Å². The van der Waals surface area contributed by atoms with Crippen LogP contribution in [-0.4, -0.2) is 4.98 Å². The molecule has 0 aliphatic carbocycles. The fourth-order valence-corrected chi connectivity index (χ4v) is 1.85. The second-order valence-electron chi connectivity index (χ2n) is 3.71. The minimum absolute atomic E-state index is 0.0769. The molecule has 0 unspecified atom stereocenters. The summed E-state index contributed by atoms with van der Waals surface area (Å²) in [5, 5.41) is 0.690. The molecule has 0 aliphatic heterocycles. The van der Waals surface area contributed by atoms with Gasteiger partial charge >= 0.3 is 0 Å². The summed E-state index contributed by atoms with van der Waals surface area (Å²) in [6.07, 6.45) is 1.73. The summed E-state index contributed by atoms with van der Waals surface area (Å²) < 4.78 is 13.7. The molecule has 0 atom stereocenters. The molecule has 2 nitrogen and oxygen atoms in total. The van der Waals surface area contributed by atoms with Crippen LogP contribution in [0, 0.1) is 5.82 Å². The lowest BCUT2D eigenvalue weighted by Gasteiger charge is -2.07. The van der Waals surface area contributed by atoms with Crippen molar-refractivity contribution in [3.05, 3.63) is 34.7 Å². The first kappa shape index (κ1) is 11.1. The highest BCUT2D eigenvalue weighted by Crippen LogP contribution is 2.27. The van der Waals surface area contributed by atoms with Gasteiger partial charge in [-0.1, -0.05) is 24.9 Å². The van der Waals surface area contributed by atoms with Crippen molar-refractivity contribution >= 4 is 28.2 Å². The van der Waals surface area contributed by atoms with Crippen molar-refractivity contribution in [2.24, 2.45) is 0 Å². The molecule has 1 aromatic carbocycles. The maximum atomic E-state index is 13.7. The van der Waals surface area contributed by atoms with E-state index in [4.69, 9.17) is 17.3 Å². The molecule has 2 rings (SSSR count). The van der Waals surface area contributed by atoms with Gasteiger partial charge in [0.15, 0.2) is 5.82 Å². The van der Waals surface area contributed by atoms with Crippen molar-refractivity contribution in [3.63, 3.8) is 0 Å². The van der Waals surface area contributed by atoms with Crippen LogP contribution in [0.5, 0.6) is 0 Å². The number of halogens is 2. The van der Waals surface area contributed by atoms with E-state index >= 15 is 0 Å². The van der Waals surface area contributed by atoms with E-state index in [1.165, 1.54) is 6.07 Å². The number of anilines is 1. The Hall–Kier alpha value is -1.35. The molecule has 0 bridgehead atoms. The second kappa shape index (κ2) is 4.26. The zero-order valence-electron chi connectivity index (χ0n) is 8.93. The number of hydrogen-bond donors (Lipinski definition) is 1. The smallest absolute Gasteiger partial charge is 0.168 e. The maximum absolute atomic E-state index is 13.7. The SMILES string of the molecule is CCCc1cc(N)c2ccc(Cl)c(F)c2n1. The van der Waals surface area contributed by atoms with Gasteiger partial charge in [0, 0.05) is 16.8 Å². The number of nitrogens with two attached hydrogens (primary N) is 1. The molecule has 0 fully saturated rings. The van der Waals surface area contributed by atoms with Crippen molar-refractivity contribution < 1.29 is 4.39 Å². The quantitative estimate of drug-likeness (QED) is 0.869. The summed E-state index contributed by atoms with van der Waals surface area (Å²) in [5.74, 6) is -0.496. The normalized spacial score (nSPS) is 10.9. The lowest BCUT2D eigenvalue weighted by atomic mass is 10.1. The molecular weight excluding hydrogens is 227 g/mol. The van der Waals surface area contributed by atoms with Gasteiger partial charge in [-0.15, -0.1) is 0 Å². The highest BCUT2D eigenvalue weighted by atomic mass is 35.5. The average molecular weight is 239 g/mol. The van der Waals surface area contributed by atoms with Gasteiger partial charge in [-0.05, 0) is 24.6 Å². The van der Waals surface area contributed by atoms with E-state index in [0.29, 0.717) is 11.1 Å². The highest BCUT2D eigenvalue weighted by molar-refractivity contribution is 6.31. The summed E-state index contributed by atoms with van der Waals surface area (Å²) in [6.45, 7) is 2.04. The predicted molar refractivity (Wildman–Crippen MR) is 65.1 cm³/mol.